The summed E-state index contributed by atoms with van der Waals surface area (Å²) in [7, 11) is 0. The van der Waals surface area contributed by atoms with E-state index in [9.17, 15) is 0 Å². The summed E-state index contributed by atoms with van der Waals surface area (Å²) in [6, 6.07) is 44.1. The quantitative estimate of drug-likeness (QED) is 0.127. The lowest BCUT2D eigenvalue weighted by atomic mass is 10.1. The van der Waals surface area contributed by atoms with Gasteiger partial charge in [0.1, 0.15) is 0 Å². The summed E-state index contributed by atoms with van der Waals surface area (Å²) in [5.74, 6) is 2.51. The Morgan fingerprint density at radius 2 is 0.705 bits per heavy atom. The summed E-state index contributed by atoms with van der Waals surface area (Å²) in [5, 5.41) is 0. The Morgan fingerprint density at radius 3 is 1.07 bits per heavy atom. The minimum absolute atomic E-state index is 0.590. The van der Waals surface area contributed by atoms with E-state index in [1.54, 1.807) is 0 Å². The van der Waals surface area contributed by atoms with Crippen molar-refractivity contribution >= 4 is 0 Å². The fraction of sp³-hybridized carbons (Fsp3) is 0.158. The van der Waals surface area contributed by atoms with Crippen LogP contribution in [0.3, 0.4) is 0 Å². The predicted octanol–water partition coefficient (Wildman–Crippen LogP) is 8.95. The highest BCUT2D eigenvalue weighted by molar-refractivity contribution is 5.66. The first-order chi connectivity index (χ1) is 21.8. The summed E-state index contributed by atoms with van der Waals surface area (Å²) >= 11 is 0. The molecule has 6 heteroatoms. The molecule has 0 amide bonds. The SMILES string of the molecule is c1ccc(-c2cc(OCCCCCCOc3cc(-c4ccccc4)nc(-c4ccccc4)n3)nc(-c3ccccc3)n2)cc1. The van der Waals surface area contributed by atoms with E-state index >= 15 is 0 Å². The molecule has 0 spiro atoms. The van der Waals surface area contributed by atoms with Crippen molar-refractivity contribution in [3.05, 3.63) is 133 Å². The van der Waals surface area contributed by atoms with Gasteiger partial charge in [-0.3, -0.25) is 0 Å². The van der Waals surface area contributed by atoms with Crippen LogP contribution in [0.1, 0.15) is 25.7 Å². The van der Waals surface area contributed by atoms with Gasteiger partial charge >= 0.3 is 0 Å². The van der Waals surface area contributed by atoms with E-state index in [4.69, 9.17) is 29.4 Å². The monoisotopic (exact) mass is 578 g/mol. The number of aromatic nitrogens is 4. The first-order valence-electron chi connectivity index (χ1n) is 15.1. The highest BCUT2D eigenvalue weighted by atomic mass is 16.5. The molecule has 0 radical (unpaired) electrons. The zero-order valence-electron chi connectivity index (χ0n) is 24.5. The van der Waals surface area contributed by atoms with Gasteiger partial charge in [0.2, 0.25) is 11.8 Å². The van der Waals surface area contributed by atoms with Crippen LogP contribution in [0.2, 0.25) is 0 Å². The van der Waals surface area contributed by atoms with Gasteiger partial charge in [-0.25, -0.2) is 9.97 Å². The van der Waals surface area contributed by atoms with Gasteiger partial charge in [0.15, 0.2) is 11.6 Å². The average molecular weight is 579 g/mol. The Balaban J connectivity index is 1.02. The molecule has 0 aliphatic rings. The molecule has 0 saturated carbocycles. The smallest absolute Gasteiger partial charge is 0.217 e. The van der Waals surface area contributed by atoms with Crippen LogP contribution in [0.5, 0.6) is 11.8 Å². The van der Waals surface area contributed by atoms with Crippen LogP contribution >= 0.6 is 0 Å². The second-order valence-electron chi connectivity index (χ2n) is 10.4. The topological polar surface area (TPSA) is 70.0 Å². The largest absolute Gasteiger partial charge is 0.478 e. The summed E-state index contributed by atoms with van der Waals surface area (Å²) in [6.45, 7) is 1.18. The second-order valence-corrected chi connectivity index (χ2v) is 10.4. The van der Waals surface area contributed by atoms with Gasteiger partial charge in [-0.2, -0.15) is 9.97 Å². The van der Waals surface area contributed by atoms with Gasteiger partial charge in [0.05, 0.1) is 24.6 Å². The van der Waals surface area contributed by atoms with Crippen LogP contribution in [0, 0.1) is 0 Å². The van der Waals surface area contributed by atoms with Gasteiger partial charge < -0.3 is 9.47 Å². The van der Waals surface area contributed by atoms with Crippen LogP contribution in [0.15, 0.2) is 133 Å². The maximum absolute atomic E-state index is 6.12. The molecule has 4 aromatic carbocycles. The molecule has 6 aromatic rings. The molecule has 0 atom stereocenters. The lowest BCUT2D eigenvalue weighted by Gasteiger charge is -2.11. The summed E-state index contributed by atoms with van der Waals surface area (Å²) in [6.07, 6.45) is 3.91. The predicted molar refractivity (Wildman–Crippen MR) is 175 cm³/mol. The van der Waals surface area contributed by atoms with Crippen molar-refractivity contribution < 1.29 is 9.47 Å². The first kappa shape index (κ1) is 28.7. The van der Waals surface area contributed by atoms with E-state index in [1.165, 1.54) is 0 Å². The van der Waals surface area contributed by atoms with Crippen molar-refractivity contribution in [1.82, 2.24) is 19.9 Å². The Morgan fingerprint density at radius 1 is 0.364 bits per heavy atom. The van der Waals surface area contributed by atoms with Gasteiger partial charge in [0, 0.05) is 34.4 Å². The summed E-state index contributed by atoms with van der Waals surface area (Å²) < 4.78 is 12.2. The fourth-order valence-corrected chi connectivity index (χ4v) is 4.86. The molecule has 44 heavy (non-hydrogen) atoms. The van der Waals surface area contributed by atoms with Crippen molar-refractivity contribution in [2.24, 2.45) is 0 Å². The number of rotatable bonds is 13. The van der Waals surface area contributed by atoms with Crippen molar-refractivity contribution in [3.63, 3.8) is 0 Å². The second kappa shape index (κ2) is 14.7. The maximum Gasteiger partial charge on any atom is 0.217 e. The van der Waals surface area contributed by atoms with Crippen molar-refractivity contribution in [2.45, 2.75) is 25.7 Å². The third-order valence-electron chi connectivity index (χ3n) is 7.15. The van der Waals surface area contributed by atoms with E-state index in [-0.39, 0.29) is 0 Å². The third-order valence-corrected chi connectivity index (χ3v) is 7.15. The van der Waals surface area contributed by atoms with Gasteiger partial charge in [-0.1, -0.05) is 121 Å². The lowest BCUT2D eigenvalue weighted by Crippen LogP contribution is -2.04. The molecule has 2 aromatic heterocycles. The minimum Gasteiger partial charge on any atom is -0.478 e. The number of hydrogen-bond donors (Lipinski definition) is 0. The molecular formula is C38H34N4O2. The molecule has 0 bridgehead atoms. The van der Waals surface area contributed by atoms with Gasteiger partial charge in [-0.05, 0) is 25.7 Å². The summed E-state index contributed by atoms with van der Waals surface area (Å²) in [4.78, 5) is 19.0. The number of benzene rings is 4. The number of unbranched alkanes of at least 4 members (excludes halogenated alkanes) is 3. The highest BCUT2D eigenvalue weighted by Crippen LogP contribution is 2.27. The van der Waals surface area contributed by atoms with Crippen LogP contribution in [0.4, 0.5) is 0 Å². The minimum atomic E-state index is 0.590. The normalized spacial score (nSPS) is 10.8. The highest BCUT2D eigenvalue weighted by Gasteiger charge is 2.11. The van der Waals surface area contributed by atoms with Crippen molar-refractivity contribution in [2.75, 3.05) is 13.2 Å². The van der Waals surface area contributed by atoms with E-state index < -0.39 is 0 Å². The van der Waals surface area contributed by atoms with E-state index in [0.29, 0.717) is 36.6 Å². The number of ether oxygens (including phenoxy) is 2. The third kappa shape index (κ3) is 7.72. The van der Waals surface area contributed by atoms with Crippen molar-refractivity contribution in [3.8, 4) is 57.1 Å². The van der Waals surface area contributed by atoms with E-state index in [0.717, 1.165) is 59.3 Å². The van der Waals surface area contributed by atoms with E-state index in [2.05, 4.69) is 24.3 Å². The molecule has 0 saturated heterocycles. The van der Waals surface area contributed by atoms with Crippen molar-refractivity contribution in [1.29, 1.82) is 0 Å². The van der Waals surface area contributed by atoms with Crippen LogP contribution < -0.4 is 9.47 Å². The van der Waals surface area contributed by atoms with Crippen LogP contribution in [0.25, 0.3) is 45.3 Å². The Labute approximate surface area is 258 Å². The zero-order valence-corrected chi connectivity index (χ0v) is 24.5. The molecule has 0 fully saturated rings. The zero-order chi connectivity index (χ0) is 29.8. The van der Waals surface area contributed by atoms with Gasteiger partial charge in [0.25, 0.3) is 0 Å². The van der Waals surface area contributed by atoms with Crippen LogP contribution in [-0.4, -0.2) is 33.1 Å². The summed E-state index contributed by atoms with van der Waals surface area (Å²) in [5.41, 5.74) is 5.69. The average Bonchev–Trinajstić information content (AvgIpc) is 3.10. The molecular weight excluding hydrogens is 544 g/mol. The standard InChI is InChI=1S/C38H34N4O2/c1(15-25-43-35-27-33(29-17-7-3-8-18-29)39-37(41-35)31-21-11-5-12-22-31)2-16-26-44-36-28-34(30-19-9-4-10-20-30)40-38(42-36)32-23-13-6-14-24-32/h3-14,17-24,27-28H,1-2,15-16,25-26H2. The maximum atomic E-state index is 6.12. The number of hydrogen-bond acceptors (Lipinski definition) is 6. The van der Waals surface area contributed by atoms with Crippen LogP contribution in [-0.2, 0) is 0 Å². The number of nitrogens with zero attached hydrogens (tertiary/aromatic N) is 4. The lowest BCUT2D eigenvalue weighted by molar-refractivity contribution is 0.277. The molecule has 6 nitrogen and oxygen atoms in total. The van der Waals surface area contributed by atoms with E-state index in [1.807, 2.05) is 109 Å². The Hall–Kier alpha value is -5.36. The molecule has 2 heterocycles. The molecule has 0 unspecified atom stereocenters. The van der Waals surface area contributed by atoms with Gasteiger partial charge in [-0.15, -0.1) is 0 Å². The Kier molecular flexibility index (Phi) is 9.60. The molecule has 218 valence electrons. The molecule has 0 aliphatic carbocycles. The molecule has 0 aliphatic heterocycles. The first-order valence-corrected chi connectivity index (χ1v) is 15.1. The Bertz CT molecular complexity index is 1500. The fourth-order valence-electron chi connectivity index (χ4n) is 4.86. The molecule has 0 N–H and O–H groups in total. The molecule has 6 rings (SSSR count).